The summed E-state index contributed by atoms with van der Waals surface area (Å²) < 4.78 is 5.28. The highest BCUT2D eigenvalue weighted by Gasteiger charge is 2.38. The molecule has 1 unspecified atom stereocenters. The molecule has 0 spiro atoms. The fraction of sp³-hybridized carbons (Fsp3) is 0.294. The molecule has 0 aromatic heterocycles. The molecule has 0 radical (unpaired) electrons. The van der Waals surface area contributed by atoms with Gasteiger partial charge in [0.1, 0.15) is 11.4 Å². The van der Waals surface area contributed by atoms with E-state index < -0.39 is 5.60 Å². The molecule has 2 heteroatoms. The zero-order valence-electron chi connectivity index (χ0n) is 11.3. The number of aliphatic hydroxyl groups is 1. The Morgan fingerprint density at radius 3 is 2.53 bits per heavy atom. The minimum Gasteiger partial charge on any atom is -0.497 e. The molecule has 0 fully saturated rings. The van der Waals surface area contributed by atoms with E-state index in [1.165, 1.54) is 11.1 Å². The van der Waals surface area contributed by atoms with E-state index in [1.54, 1.807) is 7.11 Å². The molecule has 0 amide bonds. The Morgan fingerprint density at radius 1 is 1.11 bits per heavy atom. The number of rotatable bonds is 2. The monoisotopic (exact) mass is 254 g/mol. The van der Waals surface area contributed by atoms with Crippen LogP contribution in [-0.4, -0.2) is 12.2 Å². The number of benzene rings is 2. The third kappa shape index (κ3) is 1.92. The van der Waals surface area contributed by atoms with Crippen molar-refractivity contribution in [3.8, 4) is 5.75 Å². The van der Waals surface area contributed by atoms with Crippen LogP contribution >= 0.6 is 0 Å². The molecule has 1 aliphatic carbocycles. The van der Waals surface area contributed by atoms with E-state index in [2.05, 4.69) is 13.0 Å². The van der Waals surface area contributed by atoms with Crippen LogP contribution in [0.1, 0.15) is 28.7 Å². The molecule has 98 valence electrons. The van der Waals surface area contributed by atoms with Crippen LogP contribution in [0.2, 0.25) is 0 Å². The van der Waals surface area contributed by atoms with Gasteiger partial charge >= 0.3 is 0 Å². The molecule has 0 saturated carbocycles. The summed E-state index contributed by atoms with van der Waals surface area (Å²) >= 11 is 0. The van der Waals surface area contributed by atoms with Crippen LogP contribution in [-0.2, 0) is 12.0 Å². The summed E-state index contributed by atoms with van der Waals surface area (Å²) in [7, 11) is 1.65. The lowest BCUT2D eigenvalue weighted by atomic mass is 9.87. The second-order valence-electron chi connectivity index (χ2n) is 5.25. The molecule has 19 heavy (non-hydrogen) atoms. The van der Waals surface area contributed by atoms with Crippen LogP contribution in [0.3, 0.4) is 0 Å². The molecular weight excluding hydrogens is 236 g/mol. The quantitative estimate of drug-likeness (QED) is 0.892. The maximum Gasteiger partial charge on any atom is 0.119 e. The molecule has 1 N–H and O–H groups in total. The second-order valence-corrected chi connectivity index (χ2v) is 5.25. The second kappa shape index (κ2) is 4.39. The van der Waals surface area contributed by atoms with Gasteiger partial charge in [0.05, 0.1) is 7.11 Å². The van der Waals surface area contributed by atoms with Gasteiger partial charge in [0.2, 0.25) is 0 Å². The Hall–Kier alpha value is -1.80. The number of methoxy groups -OCH3 is 1. The Labute approximate surface area is 113 Å². The third-order valence-electron chi connectivity index (χ3n) is 4.05. The SMILES string of the molecule is COc1ccc2c(c1)C(O)(c1ccc(C)cc1)CC2. The minimum atomic E-state index is -0.877. The fourth-order valence-corrected chi connectivity index (χ4v) is 2.86. The summed E-state index contributed by atoms with van der Waals surface area (Å²) in [5, 5.41) is 11.1. The smallest absolute Gasteiger partial charge is 0.119 e. The van der Waals surface area contributed by atoms with E-state index in [1.807, 2.05) is 36.4 Å². The van der Waals surface area contributed by atoms with E-state index in [4.69, 9.17) is 4.74 Å². The van der Waals surface area contributed by atoms with Gasteiger partial charge in [0, 0.05) is 0 Å². The summed E-state index contributed by atoms with van der Waals surface area (Å²) in [6.07, 6.45) is 1.64. The summed E-state index contributed by atoms with van der Waals surface area (Å²) in [6.45, 7) is 2.06. The zero-order valence-corrected chi connectivity index (χ0v) is 11.3. The summed E-state index contributed by atoms with van der Waals surface area (Å²) in [6, 6.07) is 14.1. The van der Waals surface area contributed by atoms with Gasteiger partial charge in [-0.3, -0.25) is 0 Å². The first kappa shape index (κ1) is 12.2. The van der Waals surface area contributed by atoms with E-state index in [0.717, 1.165) is 29.7 Å². The molecule has 3 rings (SSSR count). The van der Waals surface area contributed by atoms with Crippen LogP contribution in [0.5, 0.6) is 5.75 Å². The third-order valence-corrected chi connectivity index (χ3v) is 4.05. The van der Waals surface area contributed by atoms with Gasteiger partial charge in [-0.1, -0.05) is 35.9 Å². The van der Waals surface area contributed by atoms with E-state index in [0.29, 0.717) is 0 Å². The Kier molecular flexibility index (Phi) is 2.83. The Bertz CT molecular complexity index is 601. The van der Waals surface area contributed by atoms with Crippen molar-refractivity contribution in [2.75, 3.05) is 7.11 Å². The fourth-order valence-electron chi connectivity index (χ4n) is 2.86. The standard InChI is InChI=1S/C17H18O2/c1-12-3-6-14(7-4-12)17(18)10-9-13-5-8-15(19-2)11-16(13)17/h3-8,11,18H,9-10H2,1-2H3. The highest BCUT2D eigenvalue weighted by molar-refractivity contribution is 5.48. The predicted molar refractivity (Wildman–Crippen MR) is 75.5 cm³/mol. The van der Waals surface area contributed by atoms with Gasteiger partial charge in [0.15, 0.2) is 0 Å². The first-order valence-corrected chi connectivity index (χ1v) is 6.60. The topological polar surface area (TPSA) is 29.5 Å². The van der Waals surface area contributed by atoms with E-state index in [9.17, 15) is 5.11 Å². The normalized spacial score (nSPS) is 21.2. The number of hydrogen-bond acceptors (Lipinski definition) is 2. The predicted octanol–water partition coefficient (Wildman–Crippen LogP) is 3.19. The number of ether oxygens (including phenoxy) is 1. The number of hydrogen-bond donors (Lipinski definition) is 1. The summed E-state index contributed by atoms with van der Waals surface area (Å²) in [4.78, 5) is 0. The van der Waals surface area contributed by atoms with Gasteiger partial charge in [-0.05, 0) is 48.6 Å². The van der Waals surface area contributed by atoms with E-state index in [-0.39, 0.29) is 0 Å². The van der Waals surface area contributed by atoms with Gasteiger partial charge in [-0.15, -0.1) is 0 Å². The van der Waals surface area contributed by atoms with Crippen molar-refractivity contribution in [2.24, 2.45) is 0 Å². The Balaban J connectivity index is 2.11. The van der Waals surface area contributed by atoms with Gasteiger partial charge < -0.3 is 9.84 Å². The van der Waals surface area contributed by atoms with Crippen LogP contribution < -0.4 is 4.74 Å². The maximum absolute atomic E-state index is 11.1. The van der Waals surface area contributed by atoms with Crippen molar-refractivity contribution in [2.45, 2.75) is 25.4 Å². The molecule has 2 aromatic rings. The number of aryl methyl sites for hydroxylation is 2. The van der Waals surface area contributed by atoms with Crippen LogP contribution in [0.4, 0.5) is 0 Å². The first-order chi connectivity index (χ1) is 9.13. The maximum atomic E-state index is 11.1. The average molecular weight is 254 g/mol. The largest absolute Gasteiger partial charge is 0.497 e. The highest BCUT2D eigenvalue weighted by Crippen LogP contribution is 2.43. The Morgan fingerprint density at radius 2 is 1.84 bits per heavy atom. The molecule has 1 aliphatic rings. The van der Waals surface area contributed by atoms with Crippen LogP contribution in [0, 0.1) is 6.92 Å². The molecule has 2 aromatic carbocycles. The lowest BCUT2D eigenvalue weighted by Crippen LogP contribution is -2.23. The highest BCUT2D eigenvalue weighted by atomic mass is 16.5. The first-order valence-electron chi connectivity index (χ1n) is 6.60. The lowest BCUT2D eigenvalue weighted by molar-refractivity contribution is 0.0827. The molecule has 0 saturated heterocycles. The molecule has 2 nitrogen and oxygen atoms in total. The van der Waals surface area contributed by atoms with E-state index >= 15 is 0 Å². The summed E-state index contributed by atoms with van der Waals surface area (Å²) in [5.41, 5.74) is 3.48. The van der Waals surface area contributed by atoms with Crippen molar-refractivity contribution in [1.82, 2.24) is 0 Å². The van der Waals surface area contributed by atoms with Crippen molar-refractivity contribution >= 4 is 0 Å². The minimum absolute atomic E-state index is 0.735. The van der Waals surface area contributed by atoms with Crippen molar-refractivity contribution in [1.29, 1.82) is 0 Å². The van der Waals surface area contributed by atoms with Crippen LogP contribution in [0.25, 0.3) is 0 Å². The van der Waals surface area contributed by atoms with Crippen molar-refractivity contribution in [3.63, 3.8) is 0 Å². The summed E-state index contributed by atoms with van der Waals surface area (Å²) in [5.74, 6) is 0.797. The molecule has 1 atom stereocenters. The molecule has 0 bridgehead atoms. The number of fused-ring (bicyclic) bond motifs is 1. The molecular formula is C17H18O2. The van der Waals surface area contributed by atoms with Gasteiger partial charge in [0.25, 0.3) is 0 Å². The van der Waals surface area contributed by atoms with Gasteiger partial charge in [-0.25, -0.2) is 0 Å². The molecule has 0 heterocycles. The average Bonchev–Trinajstić information content (AvgIpc) is 2.78. The zero-order chi connectivity index (χ0) is 13.5. The lowest BCUT2D eigenvalue weighted by Gasteiger charge is -2.25. The van der Waals surface area contributed by atoms with Crippen molar-refractivity contribution in [3.05, 3.63) is 64.7 Å². The molecule has 0 aliphatic heterocycles. The van der Waals surface area contributed by atoms with Gasteiger partial charge in [-0.2, -0.15) is 0 Å². The van der Waals surface area contributed by atoms with Crippen LogP contribution in [0.15, 0.2) is 42.5 Å². The van der Waals surface area contributed by atoms with Crippen molar-refractivity contribution < 1.29 is 9.84 Å².